The smallest absolute Gasteiger partial charge is 0.254 e. The van der Waals surface area contributed by atoms with Gasteiger partial charge in [-0.25, -0.2) is 4.98 Å². The second-order valence-electron chi connectivity index (χ2n) is 5.11. The van der Waals surface area contributed by atoms with Gasteiger partial charge in [0.15, 0.2) is 0 Å². The first-order chi connectivity index (χ1) is 9.13. The van der Waals surface area contributed by atoms with E-state index in [4.69, 9.17) is 0 Å². The Kier molecular flexibility index (Phi) is 4.37. The molecule has 0 aromatic carbocycles. The van der Waals surface area contributed by atoms with Gasteiger partial charge >= 0.3 is 0 Å². The van der Waals surface area contributed by atoms with Crippen LogP contribution in [0.4, 0.5) is 5.82 Å². The summed E-state index contributed by atoms with van der Waals surface area (Å²) in [5.74, 6) is 0.954. The quantitative estimate of drug-likeness (QED) is 0.859. The van der Waals surface area contributed by atoms with Gasteiger partial charge in [0.25, 0.3) is 5.91 Å². The molecule has 0 bridgehead atoms. The molecule has 5 heteroatoms. The molecule has 1 aromatic rings. The van der Waals surface area contributed by atoms with E-state index < -0.39 is 0 Å². The number of aromatic nitrogens is 1. The molecule has 1 saturated heterocycles. The monoisotopic (exact) mass is 262 g/mol. The molecule has 0 unspecified atom stereocenters. The molecule has 0 spiro atoms. The van der Waals surface area contributed by atoms with Crippen LogP contribution in [0.3, 0.4) is 0 Å². The number of carbonyl (C=O) groups excluding carboxylic acids is 1. The van der Waals surface area contributed by atoms with Crippen molar-refractivity contribution in [3.05, 3.63) is 23.9 Å². The van der Waals surface area contributed by atoms with Gasteiger partial charge in [-0.2, -0.15) is 0 Å². The van der Waals surface area contributed by atoms with Gasteiger partial charge in [0.2, 0.25) is 0 Å². The average Bonchev–Trinajstić information content (AvgIpc) is 2.35. The minimum absolute atomic E-state index is 0.00796. The second kappa shape index (κ2) is 6.02. The van der Waals surface area contributed by atoms with E-state index in [-0.39, 0.29) is 5.91 Å². The third kappa shape index (κ3) is 3.04. The molecular weight excluding hydrogens is 240 g/mol. The Balaban J connectivity index is 2.13. The summed E-state index contributed by atoms with van der Waals surface area (Å²) in [6.45, 7) is 5.20. The molecule has 1 aliphatic rings. The van der Waals surface area contributed by atoms with E-state index in [1.165, 1.54) is 0 Å². The van der Waals surface area contributed by atoms with Crippen LogP contribution in [0.5, 0.6) is 0 Å². The Morgan fingerprint density at radius 1 is 1.42 bits per heavy atom. The van der Waals surface area contributed by atoms with Gasteiger partial charge in [-0.05, 0) is 18.6 Å². The number of anilines is 1. The van der Waals surface area contributed by atoms with Gasteiger partial charge in [-0.1, -0.05) is 6.92 Å². The van der Waals surface area contributed by atoms with Gasteiger partial charge in [0.05, 0.1) is 11.6 Å². The number of hydrogen-bond acceptors (Lipinski definition) is 4. The zero-order valence-corrected chi connectivity index (χ0v) is 11.9. The maximum atomic E-state index is 11.8. The van der Waals surface area contributed by atoms with Crippen LogP contribution >= 0.6 is 0 Å². The summed E-state index contributed by atoms with van der Waals surface area (Å²) >= 11 is 0. The minimum Gasteiger partial charge on any atom is -0.351 e. The first kappa shape index (κ1) is 13.8. The highest BCUT2D eigenvalue weighted by atomic mass is 16.2. The number of hydrogen-bond donors (Lipinski definition) is 1. The molecule has 0 atom stereocenters. The lowest BCUT2D eigenvalue weighted by Crippen LogP contribution is -2.57. The maximum absolute atomic E-state index is 11.8. The Hall–Kier alpha value is -1.62. The van der Waals surface area contributed by atoms with Crippen molar-refractivity contribution in [2.24, 2.45) is 0 Å². The molecule has 1 amide bonds. The van der Waals surface area contributed by atoms with Gasteiger partial charge in [0, 0.05) is 39.9 Å². The van der Waals surface area contributed by atoms with E-state index in [0.29, 0.717) is 11.6 Å². The first-order valence-electron chi connectivity index (χ1n) is 6.78. The summed E-state index contributed by atoms with van der Waals surface area (Å²) < 4.78 is 0. The number of carbonyl (C=O) groups is 1. The van der Waals surface area contributed by atoms with Gasteiger partial charge < -0.3 is 15.1 Å². The van der Waals surface area contributed by atoms with Crippen LogP contribution in [0.2, 0.25) is 0 Å². The lowest BCUT2D eigenvalue weighted by molar-refractivity contribution is 0.0827. The van der Waals surface area contributed by atoms with Crippen LogP contribution in [0.25, 0.3) is 0 Å². The fourth-order valence-corrected chi connectivity index (χ4v) is 2.16. The van der Waals surface area contributed by atoms with E-state index in [9.17, 15) is 4.79 Å². The molecule has 0 radical (unpaired) electrons. The Morgan fingerprint density at radius 2 is 2.16 bits per heavy atom. The molecule has 0 aliphatic carbocycles. The molecule has 2 heterocycles. The molecule has 104 valence electrons. The second-order valence-corrected chi connectivity index (χ2v) is 5.11. The van der Waals surface area contributed by atoms with E-state index in [0.717, 1.165) is 31.9 Å². The Morgan fingerprint density at radius 3 is 2.58 bits per heavy atom. The summed E-state index contributed by atoms with van der Waals surface area (Å²) in [6, 6.07) is 4.34. The largest absolute Gasteiger partial charge is 0.351 e. The van der Waals surface area contributed by atoms with Crippen LogP contribution < -0.4 is 10.2 Å². The Labute approximate surface area is 114 Å². The summed E-state index contributed by atoms with van der Waals surface area (Å²) in [7, 11) is 3.50. The van der Waals surface area contributed by atoms with Crippen LogP contribution in [-0.2, 0) is 0 Å². The number of nitrogens with one attached hydrogen (secondary N) is 1. The number of amides is 1. The van der Waals surface area contributed by atoms with Crippen LogP contribution in [-0.4, -0.2) is 55.6 Å². The zero-order valence-electron chi connectivity index (χ0n) is 11.9. The first-order valence-corrected chi connectivity index (χ1v) is 6.78. The predicted octanol–water partition coefficient (Wildman–Crippen LogP) is 0.972. The Bertz CT molecular complexity index is 426. The number of nitrogens with zero attached hydrogens (tertiary/aromatic N) is 3. The normalized spacial score (nSPS) is 14.9. The van der Waals surface area contributed by atoms with E-state index in [1.807, 2.05) is 12.1 Å². The fourth-order valence-electron chi connectivity index (χ4n) is 2.16. The summed E-state index contributed by atoms with van der Waals surface area (Å²) in [5, 5.41) is 3.28. The third-order valence-corrected chi connectivity index (χ3v) is 3.36. The highest BCUT2D eigenvalue weighted by Gasteiger charge is 2.25. The van der Waals surface area contributed by atoms with E-state index in [2.05, 4.69) is 22.1 Å². The van der Waals surface area contributed by atoms with E-state index in [1.54, 1.807) is 25.2 Å². The van der Waals surface area contributed by atoms with Crippen molar-refractivity contribution in [2.45, 2.75) is 19.4 Å². The van der Waals surface area contributed by atoms with Gasteiger partial charge in [0.1, 0.15) is 5.82 Å². The predicted molar refractivity (Wildman–Crippen MR) is 76.5 cm³/mol. The van der Waals surface area contributed by atoms with Crippen molar-refractivity contribution in [2.75, 3.05) is 38.6 Å². The lowest BCUT2D eigenvalue weighted by atomic mass is 10.1. The van der Waals surface area contributed by atoms with Crippen molar-refractivity contribution in [3.8, 4) is 0 Å². The van der Waals surface area contributed by atoms with Crippen molar-refractivity contribution < 1.29 is 4.79 Å². The molecular formula is C14H22N4O. The molecule has 1 aromatic heterocycles. The topological polar surface area (TPSA) is 48.5 Å². The summed E-state index contributed by atoms with van der Waals surface area (Å²) in [5.41, 5.74) is 0.636. The molecule has 2 rings (SSSR count). The molecule has 1 aliphatic heterocycles. The maximum Gasteiger partial charge on any atom is 0.254 e. The highest BCUT2D eigenvalue weighted by molar-refractivity contribution is 5.93. The van der Waals surface area contributed by atoms with Crippen molar-refractivity contribution in [1.29, 1.82) is 0 Å². The fraction of sp³-hybridized carbons (Fsp3) is 0.571. The molecule has 1 N–H and O–H groups in total. The van der Waals surface area contributed by atoms with Crippen LogP contribution in [0, 0.1) is 0 Å². The van der Waals surface area contributed by atoms with Crippen molar-refractivity contribution >= 4 is 11.7 Å². The SMILES string of the molecule is CCCN(c1ccc(C(=O)N(C)C)cn1)C1CNC1. The van der Waals surface area contributed by atoms with Crippen LogP contribution in [0.1, 0.15) is 23.7 Å². The lowest BCUT2D eigenvalue weighted by Gasteiger charge is -2.39. The molecule has 1 fully saturated rings. The molecule has 5 nitrogen and oxygen atoms in total. The van der Waals surface area contributed by atoms with Gasteiger partial charge in [-0.15, -0.1) is 0 Å². The average molecular weight is 262 g/mol. The van der Waals surface area contributed by atoms with Crippen LogP contribution in [0.15, 0.2) is 18.3 Å². The number of pyridine rings is 1. The zero-order chi connectivity index (χ0) is 13.8. The molecule has 0 saturated carbocycles. The van der Waals surface area contributed by atoms with Gasteiger partial charge in [-0.3, -0.25) is 4.79 Å². The minimum atomic E-state index is -0.00796. The van der Waals surface area contributed by atoms with E-state index >= 15 is 0 Å². The molecule has 19 heavy (non-hydrogen) atoms. The van der Waals surface area contributed by atoms with Crippen molar-refractivity contribution in [1.82, 2.24) is 15.2 Å². The third-order valence-electron chi connectivity index (χ3n) is 3.36. The van der Waals surface area contributed by atoms with Crippen molar-refractivity contribution in [3.63, 3.8) is 0 Å². The highest BCUT2D eigenvalue weighted by Crippen LogP contribution is 2.17. The standard InChI is InChI=1S/C14H22N4O/c1-4-7-18(12-9-15-10-12)13-6-5-11(8-16-13)14(19)17(2)3/h5-6,8,12,15H,4,7,9-10H2,1-3H3. The number of rotatable bonds is 5. The summed E-state index contributed by atoms with van der Waals surface area (Å²) in [6.07, 6.45) is 2.77. The summed E-state index contributed by atoms with van der Waals surface area (Å²) in [4.78, 5) is 20.2.